The number of ether oxygens (including phenoxy) is 1. The topological polar surface area (TPSA) is 61.2 Å². The second-order valence-electron chi connectivity index (χ2n) is 5.43. The van der Waals surface area contributed by atoms with Crippen LogP contribution in [-0.4, -0.2) is 22.1 Å². The SMILES string of the molecule is C=CCOC(=O)c1sc2ncn(Cc3ccc(Cl)cc3)c(=O)c2c1C. The number of aryl methyl sites for hydroxylation is 1. The van der Waals surface area contributed by atoms with Gasteiger partial charge in [-0.1, -0.05) is 36.4 Å². The van der Waals surface area contributed by atoms with Gasteiger partial charge in [-0.25, -0.2) is 9.78 Å². The van der Waals surface area contributed by atoms with Crippen LogP contribution in [0.1, 0.15) is 20.8 Å². The maximum atomic E-state index is 12.8. The molecular weight excluding hydrogens is 360 g/mol. The largest absolute Gasteiger partial charge is 0.457 e. The minimum atomic E-state index is -0.468. The minimum Gasteiger partial charge on any atom is -0.457 e. The van der Waals surface area contributed by atoms with Gasteiger partial charge in [-0.05, 0) is 30.2 Å². The van der Waals surface area contributed by atoms with Gasteiger partial charge in [0.1, 0.15) is 16.3 Å². The van der Waals surface area contributed by atoms with Crippen molar-refractivity contribution in [2.45, 2.75) is 13.5 Å². The van der Waals surface area contributed by atoms with Gasteiger partial charge in [-0.2, -0.15) is 0 Å². The van der Waals surface area contributed by atoms with E-state index in [2.05, 4.69) is 11.6 Å². The van der Waals surface area contributed by atoms with Crippen molar-refractivity contribution in [1.29, 1.82) is 0 Å². The van der Waals surface area contributed by atoms with Crippen LogP contribution in [-0.2, 0) is 11.3 Å². The second kappa shape index (κ2) is 7.21. The molecule has 0 atom stereocenters. The van der Waals surface area contributed by atoms with E-state index in [4.69, 9.17) is 16.3 Å². The van der Waals surface area contributed by atoms with Crippen LogP contribution in [0.15, 0.2) is 48.0 Å². The van der Waals surface area contributed by atoms with Crippen LogP contribution in [0.2, 0.25) is 5.02 Å². The molecule has 0 spiro atoms. The summed E-state index contributed by atoms with van der Waals surface area (Å²) in [5.74, 6) is -0.468. The number of hydrogen-bond donors (Lipinski definition) is 0. The molecule has 0 saturated heterocycles. The Kier molecular flexibility index (Phi) is 5.01. The van der Waals surface area contributed by atoms with Gasteiger partial charge in [0.15, 0.2) is 0 Å². The summed E-state index contributed by atoms with van der Waals surface area (Å²) in [6.07, 6.45) is 2.99. The maximum Gasteiger partial charge on any atom is 0.348 e. The number of benzene rings is 1. The molecule has 0 aliphatic rings. The summed E-state index contributed by atoms with van der Waals surface area (Å²) in [5, 5.41) is 1.09. The van der Waals surface area contributed by atoms with Crippen molar-refractivity contribution in [3.05, 3.63) is 74.6 Å². The molecule has 0 aliphatic heterocycles. The Bertz CT molecular complexity index is 1010. The third-order valence-corrected chi connectivity index (χ3v) is 5.13. The first-order valence-corrected chi connectivity index (χ1v) is 8.71. The summed E-state index contributed by atoms with van der Waals surface area (Å²) in [6.45, 7) is 5.76. The third-order valence-electron chi connectivity index (χ3n) is 3.70. The second-order valence-corrected chi connectivity index (χ2v) is 6.86. The van der Waals surface area contributed by atoms with Gasteiger partial charge in [-0.3, -0.25) is 9.36 Å². The molecule has 2 heterocycles. The van der Waals surface area contributed by atoms with Crippen LogP contribution in [0.5, 0.6) is 0 Å². The maximum absolute atomic E-state index is 12.8. The highest BCUT2D eigenvalue weighted by Gasteiger charge is 2.20. The lowest BCUT2D eigenvalue weighted by atomic mass is 10.2. The number of carbonyl (C=O) groups is 1. The van der Waals surface area contributed by atoms with Crippen LogP contribution >= 0.6 is 22.9 Å². The number of halogens is 1. The zero-order chi connectivity index (χ0) is 18.0. The number of hydrogen-bond acceptors (Lipinski definition) is 5. The molecule has 5 nitrogen and oxygen atoms in total. The molecule has 128 valence electrons. The van der Waals surface area contributed by atoms with Gasteiger partial charge < -0.3 is 4.74 Å². The van der Waals surface area contributed by atoms with Crippen LogP contribution < -0.4 is 5.56 Å². The Hall–Kier alpha value is -2.44. The fourth-order valence-corrected chi connectivity index (χ4v) is 3.61. The molecule has 0 radical (unpaired) electrons. The Balaban J connectivity index is 2.00. The summed E-state index contributed by atoms with van der Waals surface area (Å²) in [6, 6.07) is 7.27. The van der Waals surface area contributed by atoms with Crippen molar-refractivity contribution in [2.75, 3.05) is 6.61 Å². The van der Waals surface area contributed by atoms with Gasteiger partial charge in [0.05, 0.1) is 18.3 Å². The van der Waals surface area contributed by atoms with Crippen molar-refractivity contribution < 1.29 is 9.53 Å². The van der Waals surface area contributed by atoms with E-state index in [0.29, 0.717) is 32.2 Å². The molecular formula is C18H15ClN2O3S. The number of thiophene rings is 1. The van der Waals surface area contributed by atoms with Gasteiger partial charge in [0.25, 0.3) is 5.56 Å². The summed E-state index contributed by atoms with van der Waals surface area (Å²) in [5.41, 5.74) is 1.35. The molecule has 25 heavy (non-hydrogen) atoms. The van der Waals surface area contributed by atoms with Crippen molar-refractivity contribution in [1.82, 2.24) is 9.55 Å². The zero-order valence-electron chi connectivity index (χ0n) is 13.5. The molecule has 1 aromatic carbocycles. The quantitative estimate of drug-likeness (QED) is 0.503. The molecule has 2 aromatic heterocycles. The molecule has 0 bridgehead atoms. The average Bonchev–Trinajstić information content (AvgIpc) is 2.94. The Morgan fingerprint density at radius 1 is 1.40 bits per heavy atom. The molecule has 0 amide bonds. The monoisotopic (exact) mass is 374 g/mol. The minimum absolute atomic E-state index is 0.126. The van der Waals surface area contributed by atoms with Crippen LogP contribution in [0.25, 0.3) is 10.2 Å². The summed E-state index contributed by atoms with van der Waals surface area (Å²) in [4.78, 5) is 30.2. The normalized spacial score (nSPS) is 10.8. The van der Waals surface area contributed by atoms with Crippen LogP contribution in [0, 0.1) is 6.92 Å². The fraction of sp³-hybridized carbons (Fsp3) is 0.167. The lowest BCUT2D eigenvalue weighted by Crippen LogP contribution is -2.21. The molecule has 0 aliphatic carbocycles. The highest BCUT2D eigenvalue weighted by molar-refractivity contribution is 7.20. The lowest BCUT2D eigenvalue weighted by molar-refractivity contribution is 0.0555. The number of nitrogens with zero attached hydrogens (tertiary/aromatic N) is 2. The highest BCUT2D eigenvalue weighted by atomic mass is 35.5. The van der Waals surface area contributed by atoms with Crippen LogP contribution in [0.4, 0.5) is 0 Å². The lowest BCUT2D eigenvalue weighted by Gasteiger charge is -2.06. The smallest absolute Gasteiger partial charge is 0.348 e. The number of rotatable bonds is 5. The van der Waals surface area contributed by atoms with Crippen molar-refractivity contribution in [3.8, 4) is 0 Å². The number of fused-ring (bicyclic) bond motifs is 1. The van der Waals surface area contributed by atoms with Gasteiger partial charge in [-0.15, -0.1) is 11.3 Å². The predicted octanol–water partition coefficient (Wildman–Crippen LogP) is 3.81. The molecule has 0 unspecified atom stereocenters. The highest BCUT2D eigenvalue weighted by Crippen LogP contribution is 2.27. The molecule has 3 aromatic rings. The molecule has 0 saturated carbocycles. The van der Waals surface area contributed by atoms with E-state index in [-0.39, 0.29) is 12.2 Å². The van der Waals surface area contributed by atoms with E-state index >= 15 is 0 Å². The van der Waals surface area contributed by atoms with E-state index < -0.39 is 5.97 Å². The number of carbonyl (C=O) groups excluding carboxylic acids is 1. The van der Waals surface area contributed by atoms with E-state index in [1.165, 1.54) is 17.0 Å². The van der Waals surface area contributed by atoms with Gasteiger partial charge in [0.2, 0.25) is 0 Å². The van der Waals surface area contributed by atoms with Crippen molar-refractivity contribution in [2.24, 2.45) is 0 Å². The number of esters is 1. The first kappa shape index (κ1) is 17.4. The van der Waals surface area contributed by atoms with Crippen molar-refractivity contribution in [3.63, 3.8) is 0 Å². The van der Waals surface area contributed by atoms with E-state index in [9.17, 15) is 9.59 Å². The summed E-state index contributed by atoms with van der Waals surface area (Å²) in [7, 11) is 0. The molecule has 7 heteroatoms. The van der Waals surface area contributed by atoms with Gasteiger partial charge >= 0.3 is 5.97 Å². The van der Waals surface area contributed by atoms with E-state index in [1.54, 1.807) is 19.1 Å². The Morgan fingerprint density at radius 2 is 2.12 bits per heavy atom. The first-order valence-electron chi connectivity index (χ1n) is 7.52. The van der Waals surface area contributed by atoms with Crippen molar-refractivity contribution >= 4 is 39.1 Å². The Labute approximate surface area is 153 Å². The van der Waals surface area contributed by atoms with Gasteiger partial charge in [0, 0.05) is 5.02 Å². The van der Waals surface area contributed by atoms with Crippen LogP contribution in [0.3, 0.4) is 0 Å². The summed E-state index contributed by atoms with van der Waals surface area (Å²) >= 11 is 7.05. The predicted molar refractivity (Wildman–Crippen MR) is 99.7 cm³/mol. The van der Waals surface area contributed by atoms with E-state index in [0.717, 1.165) is 16.9 Å². The fourth-order valence-electron chi connectivity index (χ4n) is 2.45. The zero-order valence-corrected chi connectivity index (χ0v) is 15.1. The third kappa shape index (κ3) is 3.50. The average molecular weight is 375 g/mol. The standard InChI is InChI=1S/C18H15ClN2O3S/c1-3-8-24-18(23)15-11(2)14-16(25-15)20-10-21(17(14)22)9-12-4-6-13(19)7-5-12/h3-7,10H,1,8-9H2,2H3. The molecule has 3 rings (SSSR count). The molecule has 0 N–H and O–H groups in total. The first-order chi connectivity index (χ1) is 12.0. The van der Waals surface area contributed by atoms with E-state index in [1.807, 2.05) is 12.1 Å². The number of aromatic nitrogens is 2. The molecule has 0 fully saturated rings. The Morgan fingerprint density at radius 3 is 2.80 bits per heavy atom. The summed E-state index contributed by atoms with van der Waals surface area (Å²) < 4.78 is 6.59.